The van der Waals surface area contributed by atoms with Gasteiger partial charge in [-0.2, -0.15) is 18.0 Å². The van der Waals surface area contributed by atoms with Gasteiger partial charge >= 0.3 is 10.3 Å². The Bertz CT molecular complexity index is 1080. The Hall–Kier alpha value is -2.49. The molecule has 2 heterocycles. The molecule has 148 valence electrons. The average molecular weight is 401 g/mol. The number of hydrogen-bond donors (Lipinski definition) is 2. The molecule has 1 aromatic carbocycles. The van der Waals surface area contributed by atoms with E-state index in [0.717, 1.165) is 47.5 Å². The van der Waals surface area contributed by atoms with E-state index < -0.39 is 10.3 Å². The largest absolute Gasteiger partial charge is 0.367 e. The highest BCUT2D eigenvalue weighted by Crippen LogP contribution is 2.30. The number of fused-ring (bicyclic) bond motifs is 1. The van der Waals surface area contributed by atoms with Crippen molar-refractivity contribution in [3.63, 3.8) is 0 Å². The lowest BCUT2D eigenvalue weighted by molar-refractivity contribution is 0.256. The molecule has 2 atom stereocenters. The lowest BCUT2D eigenvalue weighted by Gasteiger charge is -2.17. The summed E-state index contributed by atoms with van der Waals surface area (Å²) >= 11 is 0. The number of hydrogen-bond acceptors (Lipinski definition) is 6. The fourth-order valence-electron chi connectivity index (χ4n) is 3.69. The number of aromatic nitrogens is 3. The van der Waals surface area contributed by atoms with Crippen LogP contribution in [0.3, 0.4) is 0 Å². The Balaban J connectivity index is 1.54. The Morgan fingerprint density at radius 1 is 1.29 bits per heavy atom. The van der Waals surface area contributed by atoms with Crippen LogP contribution in [0.4, 0.5) is 5.82 Å². The summed E-state index contributed by atoms with van der Waals surface area (Å²) in [5.74, 6) is 1.07. The van der Waals surface area contributed by atoms with Crippen LogP contribution in [0, 0.1) is 12.8 Å². The van der Waals surface area contributed by atoms with Gasteiger partial charge in [-0.1, -0.05) is 30.3 Å². The lowest BCUT2D eigenvalue weighted by Crippen LogP contribution is -2.22. The van der Waals surface area contributed by atoms with Gasteiger partial charge in [0.25, 0.3) is 0 Å². The Labute approximate surface area is 164 Å². The molecule has 1 aliphatic carbocycles. The topological polar surface area (TPSA) is 112 Å². The molecule has 0 spiro atoms. The third-order valence-corrected chi connectivity index (χ3v) is 5.55. The molecule has 4 rings (SSSR count). The van der Waals surface area contributed by atoms with Gasteiger partial charge in [-0.3, -0.25) is 4.18 Å². The number of benzene rings is 1. The molecule has 1 fully saturated rings. The van der Waals surface area contributed by atoms with Gasteiger partial charge in [0.15, 0.2) is 5.65 Å². The van der Waals surface area contributed by atoms with Gasteiger partial charge in [0.05, 0.1) is 12.3 Å². The molecule has 9 heteroatoms. The number of rotatable bonds is 6. The zero-order chi connectivity index (χ0) is 19.7. The Kier molecular flexibility index (Phi) is 5.05. The molecular formula is C19H23N5O3S. The molecular weight excluding hydrogens is 378 g/mol. The van der Waals surface area contributed by atoms with E-state index in [9.17, 15) is 8.42 Å². The minimum absolute atomic E-state index is 0.127. The monoisotopic (exact) mass is 401 g/mol. The van der Waals surface area contributed by atoms with Crippen LogP contribution in [0.1, 0.15) is 24.8 Å². The summed E-state index contributed by atoms with van der Waals surface area (Å²) in [6.07, 6.45) is 4.46. The van der Waals surface area contributed by atoms with Gasteiger partial charge in [0.1, 0.15) is 5.82 Å². The lowest BCUT2D eigenvalue weighted by atomic mass is 10.1. The molecule has 0 saturated heterocycles. The number of nitrogens with two attached hydrogens (primary N) is 1. The van der Waals surface area contributed by atoms with Gasteiger partial charge in [-0.15, -0.1) is 0 Å². The van der Waals surface area contributed by atoms with Crippen molar-refractivity contribution in [2.45, 2.75) is 32.2 Å². The maximum Gasteiger partial charge on any atom is 0.333 e. The minimum atomic E-state index is -3.89. The average Bonchev–Trinajstić information content (AvgIpc) is 3.29. The van der Waals surface area contributed by atoms with E-state index in [2.05, 4.69) is 10.3 Å². The second-order valence-electron chi connectivity index (χ2n) is 7.25. The molecule has 1 saturated carbocycles. The number of aryl methyl sites for hydroxylation is 1. The highest BCUT2D eigenvalue weighted by atomic mass is 32.2. The second kappa shape index (κ2) is 7.50. The van der Waals surface area contributed by atoms with E-state index in [0.29, 0.717) is 0 Å². The van der Waals surface area contributed by atoms with Gasteiger partial charge in [-0.05, 0) is 32.1 Å². The summed E-state index contributed by atoms with van der Waals surface area (Å²) < 4.78 is 28.6. The van der Waals surface area contributed by atoms with Crippen LogP contribution < -0.4 is 10.5 Å². The van der Waals surface area contributed by atoms with Gasteiger partial charge in [0, 0.05) is 29.4 Å². The van der Waals surface area contributed by atoms with Crippen molar-refractivity contribution < 1.29 is 12.6 Å². The van der Waals surface area contributed by atoms with E-state index in [4.69, 9.17) is 14.4 Å². The van der Waals surface area contributed by atoms with Crippen molar-refractivity contribution in [1.29, 1.82) is 0 Å². The Morgan fingerprint density at radius 2 is 2.07 bits per heavy atom. The molecule has 1 aliphatic rings. The van der Waals surface area contributed by atoms with Crippen LogP contribution >= 0.6 is 0 Å². The maximum absolute atomic E-state index is 11.0. The van der Waals surface area contributed by atoms with Crippen molar-refractivity contribution in [3.05, 3.63) is 48.2 Å². The van der Waals surface area contributed by atoms with Crippen molar-refractivity contribution in [1.82, 2.24) is 14.6 Å². The zero-order valence-electron chi connectivity index (χ0n) is 15.6. The quantitative estimate of drug-likeness (QED) is 0.656. The van der Waals surface area contributed by atoms with Crippen LogP contribution in [0.5, 0.6) is 0 Å². The fourth-order valence-corrected chi connectivity index (χ4v) is 4.07. The first-order valence-corrected chi connectivity index (χ1v) is 10.7. The van der Waals surface area contributed by atoms with Crippen molar-refractivity contribution in [2.24, 2.45) is 11.1 Å². The highest BCUT2D eigenvalue weighted by Gasteiger charge is 2.27. The molecule has 0 amide bonds. The minimum Gasteiger partial charge on any atom is -0.367 e. The van der Waals surface area contributed by atoms with E-state index in [1.165, 1.54) is 0 Å². The first-order chi connectivity index (χ1) is 13.4. The standard InChI is InChI=1S/C19H23N5O3S/c1-13-11-21-18-10-17(15-5-3-2-4-6-15)23-24(18)19(13)22-16-8-7-14(9-16)12-27-28(20,25)26/h2-6,10-11,14,16,22H,7-9,12H2,1H3,(H2,20,25,26). The molecule has 28 heavy (non-hydrogen) atoms. The number of anilines is 1. The van der Waals surface area contributed by atoms with Gasteiger partial charge in [0.2, 0.25) is 0 Å². The SMILES string of the molecule is Cc1cnc2cc(-c3ccccc3)nn2c1NC1CCC(COS(N)(=O)=O)C1. The zero-order valence-corrected chi connectivity index (χ0v) is 16.4. The summed E-state index contributed by atoms with van der Waals surface area (Å²) in [5, 5.41) is 13.2. The van der Waals surface area contributed by atoms with E-state index in [1.807, 2.05) is 54.0 Å². The van der Waals surface area contributed by atoms with E-state index in [1.54, 1.807) is 0 Å². The summed E-state index contributed by atoms with van der Waals surface area (Å²) in [7, 11) is -3.89. The van der Waals surface area contributed by atoms with E-state index in [-0.39, 0.29) is 18.6 Å². The summed E-state index contributed by atoms with van der Waals surface area (Å²) in [6.45, 7) is 2.12. The summed E-state index contributed by atoms with van der Waals surface area (Å²) in [4.78, 5) is 4.49. The fraction of sp³-hybridized carbons (Fsp3) is 0.368. The van der Waals surface area contributed by atoms with Gasteiger partial charge < -0.3 is 5.32 Å². The molecule has 3 aromatic rings. The molecule has 0 radical (unpaired) electrons. The predicted molar refractivity (Wildman–Crippen MR) is 107 cm³/mol. The molecule has 0 aliphatic heterocycles. The second-order valence-corrected chi connectivity index (χ2v) is 8.47. The number of nitrogens with zero attached hydrogens (tertiary/aromatic N) is 3. The molecule has 3 N–H and O–H groups in total. The van der Waals surface area contributed by atoms with Crippen LogP contribution in [-0.2, 0) is 14.5 Å². The first-order valence-electron chi connectivity index (χ1n) is 9.23. The molecule has 0 bridgehead atoms. The van der Waals surface area contributed by atoms with Crippen molar-refractivity contribution in [2.75, 3.05) is 11.9 Å². The molecule has 2 aromatic heterocycles. The molecule has 8 nitrogen and oxygen atoms in total. The normalized spacial score (nSPS) is 19.9. The van der Waals surface area contributed by atoms with Crippen molar-refractivity contribution >= 4 is 21.8 Å². The third-order valence-electron chi connectivity index (χ3n) is 5.09. The van der Waals surface area contributed by atoms with Crippen LogP contribution in [0.2, 0.25) is 0 Å². The third kappa shape index (κ3) is 4.16. The molecule has 2 unspecified atom stereocenters. The van der Waals surface area contributed by atoms with Crippen LogP contribution in [-0.4, -0.2) is 35.7 Å². The Morgan fingerprint density at radius 3 is 2.82 bits per heavy atom. The number of nitrogens with one attached hydrogen (secondary N) is 1. The smallest absolute Gasteiger partial charge is 0.333 e. The van der Waals surface area contributed by atoms with Gasteiger partial charge in [-0.25, -0.2) is 10.1 Å². The highest BCUT2D eigenvalue weighted by molar-refractivity contribution is 7.84. The van der Waals surface area contributed by atoms with Crippen LogP contribution in [0.15, 0.2) is 42.6 Å². The summed E-state index contributed by atoms with van der Waals surface area (Å²) in [6, 6.07) is 12.2. The van der Waals surface area contributed by atoms with E-state index >= 15 is 0 Å². The van der Waals surface area contributed by atoms with Crippen molar-refractivity contribution in [3.8, 4) is 11.3 Å². The maximum atomic E-state index is 11.0. The van der Waals surface area contributed by atoms with Crippen LogP contribution in [0.25, 0.3) is 16.9 Å². The first kappa shape index (κ1) is 18.9. The predicted octanol–water partition coefficient (Wildman–Crippen LogP) is 2.51. The summed E-state index contributed by atoms with van der Waals surface area (Å²) in [5.41, 5.74) is 3.68.